The molecule has 0 aliphatic carbocycles. The van der Waals surface area contributed by atoms with Gasteiger partial charge in [0.25, 0.3) is 5.56 Å². The fourth-order valence-electron chi connectivity index (χ4n) is 3.37. The summed E-state index contributed by atoms with van der Waals surface area (Å²) in [6.07, 6.45) is 2.24. The van der Waals surface area contributed by atoms with Crippen molar-refractivity contribution in [3.8, 4) is 0 Å². The molecule has 29 heavy (non-hydrogen) atoms. The first kappa shape index (κ1) is 19.1. The molecule has 0 unspecified atom stereocenters. The molecule has 1 aromatic carbocycles. The first-order valence-electron chi connectivity index (χ1n) is 9.27. The Hall–Kier alpha value is -3.26. The molecule has 0 saturated heterocycles. The van der Waals surface area contributed by atoms with E-state index in [1.54, 1.807) is 47.2 Å². The number of aromatic nitrogens is 3. The molecule has 0 radical (unpaired) electrons. The summed E-state index contributed by atoms with van der Waals surface area (Å²) in [5.41, 5.74) is 0.211. The number of fused-ring (bicyclic) bond motifs is 2. The van der Waals surface area contributed by atoms with E-state index in [4.69, 9.17) is 5.41 Å². The first-order valence-corrected chi connectivity index (χ1v) is 10.8. The van der Waals surface area contributed by atoms with E-state index in [1.165, 1.54) is 22.6 Å². The summed E-state index contributed by atoms with van der Waals surface area (Å²) in [5, 5.41) is 8.85. The molecule has 148 valence electrons. The van der Waals surface area contributed by atoms with Crippen LogP contribution in [0.1, 0.15) is 26.3 Å². The molecule has 0 aliphatic rings. The molecule has 1 N–H and O–H groups in total. The van der Waals surface area contributed by atoms with Crippen LogP contribution in [0.25, 0.3) is 16.7 Å². The van der Waals surface area contributed by atoms with E-state index in [1.807, 2.05) is 13.8 Å². The Morgan fingerprint density at radius 2 is 1.79 bits per heavy atom. The topological polar surface area (TPSA) is 97.3 Å². The number of pyridine rings is 2. The minimum absolute atomic E-state index is 0.0809. The van der Waals surface area contributed by atoms with Crippen molar-refractivity contribution in [1.82, 2.24) is 14.0 Å². The fraction of sp³-hybridized carbons (Fsp3) is 0.190. The number of sulfone groups is 1. The van der Waals surface area contributed by atoms with E-state index < -0.39 is 9.84 Å². The van der Waals surface area contributed by atoms with Crippen molar-refractivity contribution in [2.24, 2.45) is 0 Å². The molecule has 3 aromatic heterocycles. The van der Waals surface area contributed by atoms with Gasteiger partial charge < -0.3 is 4.57 Å². The molecule has 0 bridgehead atoms. The van der Waals surface area contributed by atoms with Gasteiger partial charge in [0, 0.05) is 12.2 Å². The van der Waals surface area contributed by atoms with Crippen LogP contribution in [0.2, 0.25) is 0 Å². The van der Waals surface area contributed by atoms with Gasteiger partial charge in [-0.05, 0) is 43.7 Å². The Balaban J connectivity index is 2.19. The zero-order chi connectivity index (χ0) is 20.8. The van der Waals surface area contributed by atoms with Gasteiger partial charge in [-0.15, -0.1) is 0 Å². The lowest BCUT2D eigenvalue weighted by Gasteiger charge is -2.19. The van der Waals surface area contributed by atoms with Crippen LogP contribution in [0.4, 0.5) is 0 Å². The van der Waals surface area contributed by atoms with Gasteiger partial charge in [-0.3, -0.25) is 14.6 Å². The molecule has 4 aromatic rings. The van der Waals surface area contributed by atoms with Crippen molar-refractivity contribution < 1.29 is 8.42 Å². The second-order valence-corrected chi connectivity index (χ2v) is 8.80. The van der Waals surface area contributed by atoms with Crippen LogP contribution in [0.3, 0.4) is 0 Å². The van der Waals surface area contributed by atoms with Crippen molar-refractivity contribution in [2.75, 3.05) is 0 Å². The Labute approximate surface area is 167 Å². The van der Waals surface area contributed by atoms with E-state index in [-0.39, 0.29) is 32.3 Å². The minimum Gasteiger partial charge on any atom is -0.307 e. The SMILES string of the molecule is CC[C@H](C)n1c(=N)c(S(=O)(=O)c2ccccc2)cc2c(=O)n3ccccc3nc21. The highest BCUT2D eigenvalue weighted by molar-refractivity contribution is 7.91. The molecular formula is C21H20N4O3S. The highest BCUT2D eigenvalue weighted by Gasteiger charge is 2.25. The van der Waals surface area contributed by atoms with Crippen LogP contribution in [-0.2, 0) is 9.84 Å². The van der Waals surface area contributed by atoms with E-state index in [0.717, 1.165) is 0 Å². The van der Waals surface area contributed by atoms with E-state index in [2.05, 4.69) is 4.98 Å². The van der Waals surface area contributed by atoms with Crippen LogP contribution in [-0.4, -0.2) is 22.4 Å². The largest absolute Gasteiger partial charge is 0.307 e. The van der Waals surface area contributed by atoms with Crippen LogP contribution in [0.5, 0.6) is 0 Å². The quantitative estimate of drug-likeness (QED) is 0.525. The van der Waals surface area contributed by atoms with Crippen molar-refractivity contribution in [2.45, 2.75) is 36.1 Å². The van der Waals surface area contributed by atoms with Gasteiger partial charge in [0.05, 0.1) is 10.3 Å². The molecule has 0 aliphatic heterocycles. The smallest absolute Gasteiger partial charge is 0.267 e. The first-order chi connectivity index (χ1) is 13.9. The summed E-state index contributed by atoms with van der Waals surface area (Å²) in [6.45, 7) is 3.82. The van der Waals surface area contributed by atoms with Crippen molar-refractivity contribution in [1.29, 1.82) is 5.41 Å². The predicted molar refractivity (Wildman–Crippen MR) is 110 cm³/mol. The maximum Gasteiger partial charge on any atom is 0.267 e. The number of hydrogen-bond donors (Lipinski definition) is 1. The molecule has 7 nitrogen and oxygen atoms in total. The summed E-state index contributed by atoms with van der Waals surface area (Å²) in [4.78, 5) is 17.6. The highest BCUT2D eigenvalue weighted by atomic mass is 32.2. The lowest BCUT2D eigenvalue weighted by atomic mass is 10.2. The Morgan fingerprint density at radius 1 is 1.10 bits per heavy atom. The van der Waals surface area contributed by atoms with Gasteiger partial charge in [0.15, 0.2) is 0 Å². The fourth-order valence-corrected chi connectivity index (χ4v) is 4.76. The normalized spacial score (nSPS) is 13.0. The highest BCUT2D eigenvalue weighted by Crippen LogP contribution is 2.22. The third kappa shape index (κ3) is 2.96. The van der Waals surface area contributed by atoms with Gasteiger partial charge >= 0.3 is 0 Å². The molecular weight excluding hydrogens is 388 g/mol. The molecule has 8 heteroatoms. The molecule has 0 fully saturated rings. The molecule has 0 saturated carbocycles. The summed E-state index contributed by atoms with van der Waals surface area (Å²) < 4.78 is 29.5. The van der Waals surface area contributed by atoms with Crippen molar-refractivity contribution in [3.63, 3.8) is 0 Å². The summed E-state index contributed by atoms with van der Waals surface area (Å²) in [6, 6.07) is 14.2. The minimum atomic E-state index is -3.98. The number of nitrogens with zero attached hydrogens (tertiary/aromatic N) is 3. The van der Waals surface area contributed by atoms with Crippen LogP contribution >= 0.6 is 0 Å². The third-order valence-electron chi connectivity index (χ3n) is 5.10. The van der Waals surface area contributed by atoms with Gasteiger partial charge in [-0.2, -0.15) is 0 Å². The Bertz CT molecular complexity index is 1450. The lowest BCUT2D eigenvalue weighted by molar-refractivity contribution is 0.508. The maximum atomic E-state index is 13.3. The molecule has 0 amide bonds. The van der Waals surface area contributed by atoms with Crippen molar-refractivity contribution in [3.05, 3.63) is 76.6 Å². The van der Waals surface area contributed by atoms with Gasteiger partial charge in [-0.1, -0.05) is 31.2 Å². The van der Waals surface area contributed by atoms with Crippen LogP contribution < -0.4 is 11.0 Å². The Morgan fingerprint density at radius 3 is 2.48 bits per heavy atom. The number of rotatable bonds is 4. The number of hydrogen-bond acceptors (Lipinski definition) is 5. The van der Waals surface area contributed by atoms with E-state index >= 15 is 0 Å². The maximum absolute atomic E-state index is 13.3. The van der Waals surface area contributed by atoms with Crippen molar-refractivity contribution >= 4 is 26.5 Å². The second-order valence-electron chi connectivity index (χ2n) is 6.88. The third-order valence-corrected chi connectivity index (χ3v) is 6.88. The monoisotopic (exact) mass is 408 g/mol. The Kier molecular flexibility index (Phi) is 4.58. The molecule has 0 spiro atoms. The number of benzene rings is 1. The zero-order valence-corrected chi connectivity index (χ0v) is 16.8. The predicted octanol–water partition coefficient (Wildman–Crippen LogP) is 2.93. The van der Waals surface area contributed by atoms with Crippen LogP contribution in [0.15, 0.2) is 75.4 Å². The molecule has 3 heterocycles. The molecule has 1 atom stereocenters. The second kappa shape index (κ2) is 6.97. The van der Waals surface area contributed by atoms with Gasteiger partial charge in [0.1, 0.15) is 21.7 Å². The summed E-state index contributed by atoms with van der Waals surface area (Å²) in [5.74, 6) is 0. The lowest BCUT2D eigenvalue weighted by Crippen LogP contribution is -2.31. The zero-order valence-electron chi connectivity index (χ0n) is 16.0. The van der Waals surface area contributed by atoms with Gasteiger partial charge in [0.2, 0.25) is 9.84 Å². The summed E-state index contributed by atoms with van der Waals surface area (Å²) in [7, 11) is -3.98. The van der Waals surface area contributed by atoms with E-state index in [9.17, 15) is 13.2 Å². The standard InChI is InChI=1S/C21H20N4O3S/c1-3-14(2)25-19(22)17(29(27,28)15-9-5-4-6-10-15)13-16-20(25)23-18-11-7-8-12-24(18)21(16)26/h4-14,22H,3H2,1-2H3/t14-/m0/s1. The van der Waals surface area contributed by atoms with Gasteiger partial charge in [-0.25, -0.2) is 13.4 Å². The van der Waals surface area contributed by atoms with Crippen LogP contribution in [0, 0.1) is 5.41 Å². The number of nitrogens with one attached hydrogen (secondary N) is 1. The average molecular weight is 408 g/mol. The van der Waals surface area contributed by atoms with E-state index in [0.29, 0.717) is 17.7 Å². The average Bonchev–Trinajstić information content (AvgIpc) is 2.73. The summed E-state index contributed by atoms with van der Waals surface area (Å²) >= 11 is 0. The molecule has 4 rings (SSSR count).